The van der Waals surface area contributed by atoms with Crippen LogP contribution in [-0.4, -0.2) is 78.3 Å². The van der Waals surface area contributed by atoms with E-state index in [1.807, 2.05) is 45.0 Å². The van der Waals surface area contributed by atoms with Gasteiger partial charge in [0.25, 0.3) is 11.8 Å². The molecule has 1 aliphatic heterocycles. The van der Waals surface area contributed by atoms with E-state index in [9.17, 15) is 32.4 Å². The SMILES string of the molecule is C=CC1CC1(NC(=O)[C@@H]1C[C@@H](NC(=O)c2sc3ccccc3c2Cl)CN1C(=O)[C@@H](NC(=O)CC1CC1)C(C)(C)C)C(=O)NS(=O)(=O)C1CC1. The van der Waals surface area contributed by atoms with E-state index >= 15 is 0 Å². The molecule has 4 aliphatic rings. The molecule has 0 bridgehead atoms. The van der Waals surface area contributed by atoms with Crippen molar-refractivity contribution in [2.45, 2.75) is 94.6 Å². The molecule has 6 rings (SSSR count). The molecule has 5 amide bonds. The molecular weight excluding hydrogens is 690 g/mol. The van der Waals surface area contributed by atoms with Crippen molar-refractivity contribution in [1.82, 2.24) is 25.6 Å². The number of rotatable bonds is 12. The Morgan fingerprint density at radius 1 is 1.12 bits per heavy atom. The highest BCUT2D eigenvalue weighted by Gasteiger charge is 2.62. The summed E-state index contributed by atoms with van der Waals surface area (Å²) in [6, 6.07) is 4.56. The molecule has 2 aromatic rings. The normalized spacial score (nSPS) is 25.7. The molecule has 49 heavy (non-hydrogen) atoms. The van der Waals surface area contributed by atoms with Crippen LogP contribution in [0.2, 0.25) is 5.02 Å². The number of sulfonamides is 1. The number of likely N-dealkylation sites (tertiary alicyclic amines) is 1. The lowest BCUT2D eigenvalue weighted by molar-refractivity contribution is -0.144. The lowest BCUT2D eigenvalue weighted by atomic mass is 9.85. The van der Waals surface area contributed by atoms with Gasteiger partial charge in [-0.2, -0.15) is 0 Å². The van der Waals surface area contributed by atoms with Gasteiger partial charge < -0.3 is 20.9 Å². The van der Waals surface area contributed by atoms with Gasteiger partial charge in [-0.3, -0.25) is 28.7 Å². The Hall–Kier alpha value is -3.49. The van der Waals surface area contributed by atoms with Crippen LogP contribution in [0.15, 0.2) is 36.9 Å². The molecule has 1 saturated heterocycles. The number of hydrogen-bond donors (Lipinski definition) is 4. The van der Waals surface area contributed by atoms with Crippen molar-refractivity contribution in [1.29, 1.82) is 0 Å². The van der Waals surface area contributed by atoms with Gasteiger partial charge in [0, 0.05) is 35.0 Å². The molecule has 4 N–H and O–H groups in total. The summed E-state index contributed by atoms with van der Waals surface area (Å²) in [7, 11) is -3.89. The number of benzene rings is 1. The Bertz CT molecular complexity index is 1830. The van der Waals surface area contributed by atoms with Crippen LogP contribution >= 0.6 is 22.9 Å². The van der Waals surface area contributed by atoms with Gasteiger partial charge in [-0.05, 0) is 55.9 Å². The number of carbonyl (C=O) groups excluding carboxylic acids is 5. The van der Waals surface area contributed by atoms with Crippen molar-refractivity contribution in [3.63, 3.8) is 0 Å². The van der Waals surface area contributed by atoms with Gasteiger partial charge in [0.1, 0.15) is 22.5 Å². The molecule has 2 heterocycles. The summed E-state index contributed by atoms with van der Waals surface area (Å²) in [5, 5.41) is 9.01. The average Bonchev–Trinajstić information content (AvgIpc) is 3.95. The van der Waals surface area contributed by atoms with Crippen molar-refractivity contribution < 1.29 is 32.4 Å². The van der Waals surface area contributed by atoms with Gasteiger partial charge in [-0.1, -0.05) is 56.6 Å². The molecule has 3 aliphatic carbocycles. The van der Waals surface area contributed by atoms with Gasteiger partial charge >= 0.3 is 0 Å². The fraction of sp³-hybridized carbons (Fsp3) is 0.559. The van der Waals surface area contributed by atoms with Crippen molar-refractivity contribution in [3.8, 4) is 0 Å². The molecule has 5 atom stereocenters. The van der Waals surface area contributed by atoms with E-state index in [-0.39, 0.29) is 25.3 Å². The fourth-order valence-corrected chi connectivity index (χ4v) is 9.27. The van der Waals surface area contributed by atoms with Crippen LogP contribution in [0.25, 0.3) is 10.1 Å². The average molecular weight is 732 g/mol. The number of halogens is 1. The highest BCUT2D eigenvalue weighted by atomic mass is 35.5. The van der Waals surface area contributed by atoms with Gasteiger partial charge in [0.15, 0.2) is 0 Å². The highest BCUT2D eigenvalue weighted by molar-refractivity contribution is 7.91. The number of fused-ring (bicyclic) bond motifs is 1. The summed E-state index contributed by atoms with van der Waals surface area (Å²) in [6.45, 7) is 9.16. The largest absolute Gasteiger partial charge is 0.347 e. The minimum absolute atomic E-state index is 0.00946. The van der Waals surface area contributed by atoms with E-state index in [0.29, 0.717) is 35.1 Å². The quantitative estimate of drug-likeness (QED) is 0.243. The monoisotopic (exact) mass is 731 g/mol. The summed E-state index contributed by atoms with van der Waals surface area (Å²) in [5.41, 5.74) is -2.28. The first-order valence-electron chi connectivity index (χ1n) is 16.6. The maximum Gasteiger partial charge on any atom is 0.263 e. The van der Waals surface area contributed by atoms with E-state index in [0.717, 1.165) is 22.9 Å². The van der Waals surface area contributed by atoms with Crippen LogP contribution in [0.3, 0.4) is 0 Å². The third-order valence-corrected chi connectivity index (χ3v) is 13.3. The summed E-state index contributed by atoms with van der Waals surface area (Å²) >= 11 is 7.81. The summed E-state index contributed by atoms with van der Waals surface area (Å²) in [5.74, 6) is -2.96. The second-order valence-corrected chi connectivity index (χ2v) is 18.2. The lowest BCUT2D eigenvalue weighted by Crippen LogP contribution is -2.60. The van der Waals surface area contributed by atoms with Crippen molar-refractivity contribution in [2.75, 3.05) is 6.54 Å². The maximum absolute atomic E-state index is 14.3. The van der Waals surface area contributed by atoms with Gasteiger partial charge in [0.2, 0.25) is 27.7 Å². The molecule has 0 spiro atoms. The van der Waals surface area contributed by atoms with Gasteiger partial charge in [0.05, 0.1) is 10.3 Å². The number of hydrogen-bond acceptors (Lipinski definition) is 8. The topological polar surface area (TPSA) is 171 Å². The minimum Gasteiger partial charge on any atom is -0.347 e. The van der Waals surface area contributed by atoms with Gasteiger partial charge in [-0.15, -0.1) is 17.9 Å². The molecule has 264 valence electrons. The zero-order valence-electron chi connectivity index (χ0n) is 27.7. The van der Waals surface area contributed by atoms with E-state index < -0.39 is 73.9 Å². The van der Waals surface area contributed by atoms with Crippen LogP contribution in [0.4, 0.5) is 0 Å². The first-order valence-corrected chi connectivity index (χ1v) is 19.4. The molecule has 3 saturated carbocycles. The number of amides is 5. The number of nitrogens with one attached hydrogen (secondary N) is 4. The predicted molar refractivity (Wildman–Crippen MR) is 186 cm³/mol. The Balaban J connectivity index is 1.25. The molecule has 1 aromatic carbocycles. The number of nitrogens with zero attached hydrogens (tertiary/aromatic N) is 1. The van der Waals surface area contributed by atoms with Crippen LogP contribution in [0.5, 0.6) is 0 Å². The van der Waals surface area contributed by atoms with Crippen LogP contribution in [-0.2, 0) is 29.2 Å². The molecule has 12 nitrogen and oxygen atoms in total. The molecule has 2 unspecified atom stereocenters. The van der Waals surface area contributed by atoms with E-state index in [1.54, 1.807) is 0 Å². The maximum atomic E-state index is 14.3. The van der Waals surface area contributed by atoms with Crippen LogP contribution in [0.1, 0.15) is 75.4 Å². The van der Waals surface area contributed by atoms with Crippen molar-refractivity contribution in [3.05, 3.63) is 46.8 Å². The molecule has 15 heteroatoms. The smallest absolute Gasteiger partial charge is 0.263 e. The molecular formula is C34H42ClN5O7S2. The molecule has 0 radical (unpaired) electrons. The summed E-state index contributed by atoms with van der Waals surface area (Å²) in [6.07, 6.45) is 4.79. The fourth-order valence-electron chi connectivity index (χ4n) is 6.48. The third-order valence-electron chi connectivity index (χ3n) is 9.80. The first kappa shape index (κ1) is 35.3. The third kappa shape index (κ3) is 7.36. The van der Waals surface area contributed by atoms with Crippen molar-refractivity contribution >= 4 is 72.6 Å². The summed E-state index contributed by atoms with van der Waals surface area (Å²) in [4.78, 5) is 70.0. The van der Waals surface area contributed by atoms with E-state index in [4.69, 9.17) is 11.6 Å². The Kier molecular flexibility index (Phi) is 9.38. The lowest BCUT2D eigenvalue weighted by Gasteiger charge is -2.35. The number of carbonyl (C=O) groups is 5. The zero-order chi connectivity index (χ0) is 35.5. The zero-order valence-corrected chi connectivity index (χ0v) is 30.1. The van der Waals surface area contributed by atoms with Crippen molar-refractivity contribution in [2.24, 2.45) is 17.3 Å². The van der Waals surface area contributed by atoms with Crippen LogP contribution < -0.4 is 20.7 Å². The minimum atomic E-state index is -3.89. The molecule has 4 fully saturated rings. The second-order valence-electron chi connectivity index (χ2n) is 14.9. The Morgan fingerprint density at radius 3 is 2.41 bits per heavy atom. The second kappa shape index (κ2) is 13.0. The van der Waals surface area contributed by atoms with Crippen LogP contribution in [0, 0.1) is 17.3 Å². The number of thiophene rings is 1. The van der Waals surface area contributed by atoms with E-state index in [1.165, 1.54) is 22.3 Å². The molecule has 1 aromatic heterocycles. The highest BCUT2D eigenvalue weighted by Crippen LogP contribution is 2.45. The Morgan fingerprint density at radius 2 is 1.82 bits per heavy atom. The standard InChI is InChI=1S/C34H42ClN5O7S2/c1-5-19-16-34(19,32(45)39-49(46,47)21-12-13-21)38-29(42)23-15-20(36-30(43)27-26(35)22-8-6-7-9-24(22)48-27)17-40(23)31(44)28(33(2,3)4)37-25(41)14-18-10-11-18/h5-9,18-21,23,28H,1,10-17H2,2-4H3,(H,36,43)(H,37,41)(H,38,42)(H,39,45)/t19?,20-,23+,28-,34?/m1/s1. The van der Waals surface area contributed by atoms with Gasteiger partial charge in [-0.25, -0.2) is 8.42 Å². The predicted octanol–water partition coefficient (Wildman–Crippen LogP) is 3.25. The summed E-state index contributed by atoms with van der Waals surface area (Å²) < 4.78 is 28.2. The van der Waals surface area contributed by atoms with E-state index in [2.05, 4.69) is 27.3 Å². The first-order chi connectivity index (χ1) is 23.0. The Labute approximate surface area is 294 Å².